The van der Waals surface area contributed by atoms with Gasteiger partial charge in [-0.15, -0.1) is 0 Å². The van der Waals surface area contributed by atoms with Crippen molar-refractivity contribution in [3.05, 3.63) is 24.2 Å². The Bertz CT molecular complexity index is 360. The minimum absolute atomic E-state index is 0.00181. The molecule has 0 aliphatic heterocycles. The SMILES string of the molecule is O=C(CCc1ccco1)NCCC(O)C(=O)O. The molecule has 0 spiro atoms. The van der Waals surface area contributed by atoms with Gasteiger partial charge in [0.2, 0.25) is 5.91 Å². The zero-order valence-corrected chi connectivity index (χ0v) is 9.26. The first-order valence-corrected chi connectivity index (χ1v) is 5.29. The zero-order chi connectivity index (χ0) is 12.7. The van der Waals surface area contributed by atoms with Gasteiger partial charge in [0.05, 0.1) is 6.26 Å². The third-order valence-electron chi connectivity index (χ3n) is 2.20. The van der Waals surface area contributed by atoms with Gasteiger partial charge >= 0.3 is 5.97 Å². The second-order valence-corrected chi connectivity index (χ2v) is 3.57. The van der Waals surface area contributed by atoms with Crippen LogP contribution in [0.4, 0.5) is 0 Å². The van der Waals surface area contributed by atoms with Gasteiger partial charge in [0.1, 0.15) is 5.76 Å². The molecule has 1 aromatic heterocycles. The monoisotopic (exact) mass is 241 g/mol. The van der Waals surface area contributed by atoms with Crippen molar-refractivity contribution in [2.45, 2.75) is 25.4 Å². The lowest BCUT2D eigenvalue weighted by atomic mass is 10.2. The van der Waals surface area contributed by atoms with Gasteiger partial charge in [-0.1, -0.05) is 0 Å². The van der Waals surface area contributed by atoms with Gasteiger partial charge in [0.25, 0.3) is 0 Å². The molecular formula is C11H15NO5. The molecule has 0 saturated carbocycles. The van der Waals surface area contributed by atoms with Crippen molar-refractivity contribution in [2.75, 3.05) is 6.54 Å². The average Bonchev–Trinajstić information content (AvgIpc) is 2.78. The number of aliphatic hydroxyl groups excluding tert-OH is 1. The Hall–Kier alpha value is -1.82. The number of nitrogens with one attached hydrogen (secondary N) is 1. The number of carboxylic acids is 1. The molecule has 0 radical (unpaired) electrons. The van der Waals surface area contributed by atoms with E-state index in [9.17, 15) is 9.59 Å². The van der Waals surface area contributed by atoms with Crippen molar-refractivity contribution in [3.8, 4) is 0 Å². The molecule has 1 unspecified atom stereocenters. The number of aryl methyl sites for hydroxylation is 1. The number of carbonyl (C=O) groups excluding carboxylic acids is 1. The van der Waals surface area contributed by atoms with E-state index in [1.54, 1.807) is 12.1 Å². The van der Waals surface area contributed by atoms with Crippen LogP contribution in [0.2, 0.25) is 0 Å². The maximum atomic E-state index is 11.3. The van der Waals surface area contributed by atoms with Gasteiger partial charge < -0.3 is 19.9 Å². The van der Waals surface area contributed by atoms with Crippen LogP contribution in [-0.2, 0) is 16.0 Å². The summed E-state index contributed by atoms with van der Waals surface area (Å²) >= 11 is 0. The Balaban J connectivity index is 2.11. The van der Waals surface area contributed by atoms with Crippen molar-refractivity contribution >= 4 is 11.9 Å². The van der Waals surface area contributed by atoms with Crippen LogP contribution in [0.25, 0.3) is 0 Å². The maximum absolute atomic E-state index is 11.3. The van der Waals surface area contributed by atoms with E-state index in [4.69, 9.17) is 14.6 Å². The molecule has 1 heterocycles. The molecule has 1 amide bonds. The molecule has 0 aromatic carbocycles. The fourth-order valence-corrected chi connectivity index (χ4v) is 1.25. The summed E-state index contributed by atoms with van der Waals surface area (Å²) in [5, 5.41) is 19.9. The molecule has 0 aliphatic carbocycles. The normalized spacial score (nSPS) is 12.1. The third-order valence-corrected chi connectivity index (χ3v) is 2.20. The Labute approximate surface area is 98.2 Å². The molecule has 0 fully saturated rings. The molecular weight excluding hydrogens is 226 g/mol. The molecule has 6 heteroatoms. The van der Waals surface area contributed by atoms with Crippen LogP contribution in [0, 0.1) is 0 Å². The summed E-state index contributed by atoms with van der Waals surface area (Å²) < 4.78 is 5.06. The van der Waals surface area contributed by atoms with Crippen LogP contribution in [0.3, 0.4) is 0 Å². The molecule has 1 aromatic rings. The zero-order valence-electron chi connectivity index (χ0n) is 9.26. The van der Waals surface area contributed by atoms with Crippen LogP contribution in [0.1, 0.15) is 18.6 Å². The first kappa shape index (κ1) is 13.2. The van der Waals surface area contributed by atoms with Crippen LogP contribution >= 0.6 is 0 Å². The first-order chi connectivity index (χ1) is 8.09. The van der Waals surface area contributed by atoms with Gasteiger partial charge in [-0.2, -0.15) is 0 Å². The summed E-state index contributed by atoms with van der Waals surface area (Å²) in [6.45, 7) is 0.143. The summed E-state index contributed by atoms with van der Waals surface area (Å²) in [6, 6.07) is 3.53. The molecule has 1 rings (SSSR count). The van der Waals surface area contributed by atoms with Gasteiger partial charge in [0, 0.05) is 25.8 Å². The first-order valence-electron chi connectivity index (χ1n) is 5.29. The Morgan fingerprint density at radius 1 is 1.47 bits per heavy atom. The van der Waals surface area contributed by atoms with E-state index in [-0.39, 0.29) is 25.3 Å². The van der Waals surface area contributed by atoms with Crippen LogP contribution in [0.5, 0.6) is 0 Å². The highest BCUT2D eigenvalue weighted by atomic mass is 16.4. The minimum Gasteiger partial charge on any atom is -0.479 e. The number of carbonyl (C=O) groups is 2. The maximum Gasteiger partial charge on any atom is 0.332 e. The summed E-state index contributed by atoms with van der Waals surface area (Å²) in [5.74, 6) is -0.750. The standard InChI is InChI=1S/C11H15NO5/c13-9(11(15)16)5-6-12-10(14)4-3-8-2-1-7-17-8/h1-2,7,9,13H,3-6H2,(H,12,14)(H,15,16). The number of carboxylic acid groups (broad SMARTS) is 1. The highest BCUT2D eigenvalue weighted by Crippen LogP contribution is 2.03. The second-order valence-electron chi connectivity index (χ2n) is 3.57. The van der Waals surface area contributed by atoms with E-state index < -0.39 is 12.1 Å². The van der Waals surface area contributed by atoms with Crippen LogP contribution in [-0.4, -0.2) is 34.7 Å². The largest absolute Gasteiger partial charge is 0.479 e. The number of hydrogen-bond donors (Lipinski definition) is 3. The predicted molar refractivity (Wildman–Crippen MR) is 58.3 cm³/mol. The number of aliphatic hydroxyl groups is 1. The molecule has 6 nitrogen and oxygen atoms in total. The molecule has 1 atom stereocenters. The van der Waals surface area contributed by atoms with E-state index in [2.05, 4.69) is 5.32 Å². The molecule has 0 saturated heterocycles. The van der Waals surface area contributed by atoms with Gasteiger partial charge in [-0.05, 0) is 12.1 Å². The molecule has 0 aliphatic rings. The number of amides is 1. The van der Waals surface area contributed by atoms with Crippen molar-refractivity contribution in [1.82, 2.24) is 5.32 Å². The fraction of sp³-hybridized carbons (Fsp3) is 0.455. The van der Waals surface area contributed by atoms with Crippen molar-refractivity contribution in [2.24, 2.45) is 0 Å². The number of furan rings is 1. The number of aliphatic carboxylic acids is 1. The van der Waals surface area contributed by atoms with E-state index in [0.717, 1.165) is 5.76 Å². The smallest absolute Gasteiger partial charge is 0.332 e. The summed E-state index contributed by atoms with van der Waals surface area (Å²) in [6.07, 6.45) is 0.885. The topological polar surface area (TPSA) is 99.8 Å². The van der Waals surface area contributed by atoms with Crippen molar-refractivity contribution in [3.63, 3.8) is 0 Å². The Kier molecular flexibility index (Phi) is 5.22. The van der Waals surface area contributed by atoms with E-state index >= 15 is 0 Å². The quantitative estimate of drug-likeness (QED) is 0.631. The van der Waals surface area contributed by atoms with Crippen LogP contribution in [0.15, 0.2) is 22.8 Å². The Morgan fingerprint density at radius 2 is 2.24 bits per heavy atom. The van der Waals surface area contributed by atoms with Gasteiger partial charge in [0.15, 0.2) is 6.10 Å². The molecule has 3 N–H and O–H groups in total. The average molecular weight is 241 g/mol. The summed E-state index contributed by atoms with van der Waals surface area (Å²) in [7, 11) is 0. The second kappa shape index (κ2) is 6.70. The lowest BCUT2D eigenvalue weighted by Crippen LogP contribution is -2.30. The van der Waals surface area contributed by atoms with Gasteiger partial charge in [-0.3, -0.25) is 4.79 Å². The van der Waals surface area contributed by atoms with E-state index in [1.807, 2.05) is 0 Å². The van der Waals surface area contributed by atoms with Crippen LogP contribution < -0.4 is 5.32 Å². The fourth-order valence-electron chi connectivity index (χ4n) is 1.25. The number of hydrogen-bond acceptors (Lipinski definition) is 4. The van der Waals surface area contributed by atoms with Crippen molar-refractivity contribution < 1.29 is 24.2 Å². The third kappa shape index (κ3) is 5.17. The summed E-state index contributed by atoms with van der Waals surface area (Å²) in [4.78, 5) is 21.6. The Morgan fingerprint density at radius 3 is 2.82 bits per heavy atom. The minimum atomic E-state index is -1.43. The van der Waals surface area contributed by atoms with Gasteiger partial charge in [-0.25, -0.2) is 4.79 Å². The lowest BCUT2D eigenvalue weighted by molar-refractivity contribution is -0.147. The molecule has 17 heavy (non-hydrogen) atoms. The van der Waals surface area contributed by atoms with Crippen molar-refractivity contribution in [1.29, 1.82) is 0 Å². The highest BCUT2D eigenvalue weighted by molar-refractivity contribution is 5.76. The number of rotatable bonds is 7. The van der Waals surface area contributed by atoms with E-state index in [1.165, 1.54) is 6.26 Å². The molecule has 0 bridgehead atoms. The highest BCUT2D eigenvalue weighted by Gasteiger charge is 2.12. The summed E-state index contributed by atoms with van der Waals surface area (Å²) in [5.41, 5.74) is 0. The molecule has 94 valence electrons. The predicted octanol–water partition coefficient (Wildman–Crippen LogP) is 0.164. The lowest BCUT2D eigenvalue weighted by Gasteiger charge is -2.06. The van der Waals surface area contributed by atoms with E-state index in [0.29, 0.717) is 6.42 Å².